The van der Waals surface area contributed by atoms with Gasteiger partial charge < -0.3 is 48.1 Å². The first-order valence-corrected chi connectivity index (χ1v) is 24.7. The van der Waals surface area contributed by atoms with Crippen molar-refractivity contribution in [3.05, 3.63) is 155 Å². The van der Waals surface area contributed by atoms with Gasteiger partial charge in [-0.1, -0.05) is 52.3 Å². The molecule has 1 aliphatic heterocycles. The van der Waals surface area contributed by atoms with Crippen LogP contribution in [0, 0.1) is 0 Å². The molecule has 1 aliphatic rings. The predicted molar refractivity (Wildman–Crippen MR) is 276 cm³/mol. The van der Waals surface area contributed by atoms with Crippen molar-refractivity contribution < 1.29 is 74.5 Å². The summed E-state index contributed by atoms with van der Waals surface area (Å²) in [4.78, 5) is 60.1. The Balaban J connectivity index is 0.000000222. The molecule has 0 saturated carbocycles. The SMILES string of the molecule is COc1ccc(CBr)cc1.COc1ccc(Cn2c(Oc3cccc(OC(F)(F)F)c3)nc3c2c(=O)n(CCOCCO)c(=O)n3C)cc1.Cn1c2c(c(=O)n(CCOCCO)c1=O)CC(Oc1cccc(OC(F)(F)F)c1)=N2. The van der Waals surface area contributed by atoms with E-state index in [0.29, 0.717) is 5.75 Å². The van der Waals surface area contributed by atoms with Crippen LogP contribution < -0.4 is 50.9 Å². The van der Waals surface area contributed by atoms with Crippen molar-refractivity contribution in [3.63, 3.8) is 0 Å². The summed E-state index contributed by atoms with van der Waals surface area (Å²) in [5.41, 5.74) is -0.212. The maximum absolute atomic E-state index is 13.5. The second-order valence-electron chi connectivity index (χ2n) is 16.5. The second kappa shape index (κ2) is 27.6. The van der Waals surface area contributed by atoms with Gasteiger partial charge in [0, 0.05) is 31.6 Å². The van der Waals surface area contributed by atoms with Gasteiger partial charge in [-0.05, 0) is 59.7 Å². The molecule has 0 amide bonds. The van der Waals surface area contributed by atoms with Gasteiger partial charge in [-0.15, -0.1) is 26.3 Å². The van der Waals surface area contributed by atoms with Crippen LogP contribution in [0.5, 0.6) is 40.5 Å². The molecule has 0 atom stereocenters. The van der Waals surface area contributed by atoms with Gasteiger partial charge in [-0.3, -0.25) is 32.4 Å². The Hall–Kier alpha value is -7.92. The lowest BCUT2D eigenvalue weighted by Gasteiger charge is -2.13. The van der Waals surface area contributed by atoms with Gasteiger partial charge in [0.15, 0.2) is 11.2 Å². The van der Waals surface area contributed by atoms with Crippen molar-refractivity contribution in [1.82, 2.24) is 27.8 Å². The van der Waals surface area contributed by atoms with Crippen LogP contribution in [-0.4, -0.2) is 111 Å². The van der Waals surface area contributed by atoms with E-state index in [1.165, 1.54) is 64.7 Å². The summed E-state index contributed by atoms with van der Waals surface area (Å²) >= 11 is 3.36. The summed E-state index contributed by atoms with van der Waals surface area (Å²) in [5.74, 6) is 0.719. The number of alkyl halides is 7. The monoisotopic (exact) mass is 1180 g/mol. The van der Waals surface area contributed by atoms with E-state index < -0.39 is 46.7 Å². The lowest BCUT2D eigenvalue weighted by Crippen LogP contribution is -2.41. The van der Waals surface area contributed by atoms with Gasteiger partial charge >= 0.3 is 30.1 Å². The van der Waals surface area contributed by atoms with Crippen LogP contribution in [0.3, 0.4) is 0 Å². The molecule has 0 bridgehead atoms. The van der Waals surface area contributed by atoms with Crippen molar-refractivity contribution >= 4 is 38.8 Å². The molecular weight excluding hydrogens is 1130 g/mol. The number of aliphatic hydroxyl groups is 2. The number of methoxy groups -OCH3 is 2. The lowest BCUT2D eigenvalue weighted by atomic mass is 10.2. The third kappa shape index (κ3) is 16.6. The normalized spacial score (nSPS) is 11.9. The van der Waals surface area contributed by atoms with Crippen LogP contribution in [0.25, 0.3) is 11.2 Å². The molecule has 3 aromatic heterocycles. The van der Waals surface area contributed by atoms with Gasteiger partial charge in [0.2, 0.25) is 5.90 Å². The first-order chi connectivity index (χ1) is 37.7. The van der Waals surface area contributed by atoms with E-state index in [9.17, 15) is 45.5 Å². The van der Waals surface area contributed by atoms with E-state index in [2.05, 4.69) is 35.4 Å². The number of imidazole rings is 1. The topological polar surface area (TPSA) is 232 Å². The van der Waals surface area contributed by atoms with E-state index in [4.69, 9.17) is 38.6 Å². The van der Waals surface area contributed by atoms with Crippen molar-refractivity contribution in [2.75, 3.05) is 53.9 Å². The molecule has 28 heteroatoms. The average molecular weight is 1180 g/mol. The Bertz CT molecular complexity index is 3430. The summed E-state index contributed by atoms with van der Waals surface area (Å²) < 4.78 is 121. The maximum Gasteiger partial charge on any atom is 0.573 e. The molecule has 8 rings (SSSR count). The molecule has 0 fully saturated rings. The predicted octanol–water partition coefficient (Wildman–Crippen LogP) is 6.36. The van der Waals surface area contributed by atoms with Gasteiger partial charge in [0.05, 0.1) is 85.5 Å². The third-order valence-corrected chi connectivity index (χ3v) is 11.7. The minimum absolute atomic E-state index is 0.00316. The molecule has 79 heavy (non-hydrogen) atoms. The van der Waals surface area contributed by atoms with Crippen LogP contribution in [0.1, 0.15) is 16.7 Å². The molecule has 4 aromatic carbocycles. The Kier molecular flexibility index (Phi) is 21.1. The van der Waals surface area contributed by atoms with Gasteiger partial charge in [0.1, 0.15) is 40.3 Å². The van der Waals surface area contributed by atoms with Crippen LogP contribution >= 0.6 is 15.9 Å². The van der Waals surface area contributed by atoms with E-state index in [1.807, 2.05) is 24.3 Å². The molecule has 4 heterocycles. The van der Waals surface area contributed by atoms with E-state index in [1.54, 1.807) is 31.4 Å². The van der Waals surface area contributed by atoms with Gasteiger partial charge in [0.25, 0.3) is 11.1 Å². The van der Waals surface area contributed by atoms with Crippen molar-refractivity contribution in [2.24, 2.45) is 19.1 Å². The number of benzene rings is 4. The minimum atomic E-state index is -4.90. The number of aliphatic hydroxyl groups excluding tert-OH is 2. The number of nitrogens with zero attached hydrogens (tertiary/aromatic N) is 7. The molecule has 0 unspecified atom stereocenters. The molecule has 2 N–H and O–H groups in total. The fourth-order valence-corrected chi connectivity index (χ4v) is 7.81. The average Bonchev–Trinajstić information content (AvgIpc) is 4.21. The highest BCUT2D eigenvalue weighted by Crippen LogP contribution is 2.32. The van der Waals surface area contributed by atoms with E-state index in [0.717, 1.165) is 50.0 Å². The highest BCUT2D eigenvalue weighted by atomic mass is 79.9. The number of aliphatic imine (C=N–C) groups is 1. The van der Waals surface area contributed by atoms with Gasteiger partial charge in [-0.25, -0.2) is 9.59 Å². The number of ether oxygens (including phenoxy) is 8. The number of hydrogen-bond acceptors (Lipinski definition) is 16. The number of aromatic nitrogens is 6. The summed E-state index contributed by atoms with van der Waals surface area (Å²) in [6, 6.07) is 24.5. The fourth-order valence-electron chi connectivity index (χ4n) is 7.44. The summed E-state index contributed by atoms with van der Waals surface area (Å²) in [6.45, 7) is -0.220. The summed E-state index contributed by atoms with van der Waals surface area (Å²) in [7, 11) is 6.06. The quantitative estimate of drug-likeness (QED) is 0.0480. The zero-order valence-electron chi connectivity index (χ0n) is 42.6. The van der Waals surface area contributed by atoms with Crippen LogP contribution in [0.4, 0.5) is 32.2 Å². The van der Waals surface area contributed by atoms with Gasteiger partial charge in [-0.2, -0.15) is 9.98 Å². The lowest BCUT2D eigenvalue weighted by molar-refractivity contribution is -0.275. The first-order valence-electron chi connectivity index (χ1n) is 23.5. The first kappa shape index (κ1) is 60.3. The molecule has 0 radical (unpaired) electrons. The Morgan fingerprint density at radius 1 is 0.595 bits per heavy atom. The highest BCUT2D eigenvalue weighted by molar-refractivity contribution is 9.08. The van der Waals surface area contributed by atoms with Crippen LogP contribution in [-0.2, 0) is 55.0 Å². The molecule has 7 aromatic rings. The Morgan fingerprint density at radius 3 is 1.57 bits per heavy atom. The second-order valence-corrected chi connectivity index (χ2v) is 17.0. The van der Waals surface area contributed by atoms with Crippen LogP contribution in [0.2, 0.25) is 0 Å². The standard InChI is InChI=1S/C25H25F3N4O7.C18H18F3N3O6.C8H9BrO/c1-30-21-20(22(34)31(24(30)35)10-12-37-13-11-33)32(15-16-6-8-17(36-2)9-7-16)23(29-21)38-18-4-3-5-19(14-18)39-25(26,27)28;1-23-15-13(16(26)24(17(23)27)5-7-28-8-6-25)10-14(22-15)29-11-3-2-4-12(9-11)30-18(19,20)21;1-10-8-4-2-7(6-9)3-5-8/h3-9,14,33H,10-13,15H2,1-2H3;2-4,9,25H,5-8,10H2,1H3;2-5H,6H2,1H3. The number of rotatable bonds is 20. The van der Waals surface area contributed by atoms with Crippen molar-refractivity contribution in [3.8, 4) is 40.5 Å². The van der Waals surface area contributed by atoms with Crippen LogP contribution in [0.15, 0.2) is 121 Å². The Morgan fingerprint density at radius 2 is 1.08 bits per heavy atom. The smallest absolute Gasteiger partial charge is 0.497 e. The highest BCUT2D eigenvalue weighted by Gasteiger charge is 2.33. The largest absolute Gasteiger partial charge is 0.573 e. The molecule has 21 nitrogen and oxygen atoms in total. The number of hydrogen-bond donors (Lipinski definition) is 2. The van der Waals surface area contributed by atoms with E-state index in [-0.39, 0.29) is 112 Å². The zero-order chi connectivity index (χ0) is 57.4. The van der Waals surface area contributed by atoms with E-state index >= 15 is 0 Å². The minimum Gasteiger partial charge on any atom is -0.497 e. The summed E-state index contributed by atoms with van der Waals surface area (Å²) in [6.07, 6.45) is -9.78. The Labute approximate surface area is 452 Å². The third-order valence-electron chi connectivity index (χ3n) is 11.1. The van der Waals surface area contributed by atoms with Crippen molar-refractivity contribution in [2.45, 2.75) is 44.1 Å². The zero-order valence-corrected chi connectivity index (χ0v) is 44.2. The molecule has 0 saturated heterocycles. The number of fused-ring (bicyclic) bond motifs is 2. The molecule has 0 spiro atoms. The summed E-state index contributed by atoms with van der Waals surface area (Å²) in [5, 5.41) is 18.5. The molecule has 424 valence electrons. The number of aryl methyl sites for hydroxylation is 1. The molecular formula is C51H52BrF6N7O14. The maximum atomic E-state index is 13.5. The number of halogens is 7. The van der Waals surface area contributed by atoms with Crippen molar-refractivity contribution in [1.29, 1.82) is 0 Å². The molecule has 0 aliphatic carbocycles. The fraction of sp³-hybridized carbons (Fsp3) is 0.333.